The molecule has 0 spiro atoms. The molecule has 0 aliphatic rings. The van der Waals surface area contributed by atoms with Gasteiger partial charge in [-0.2, -0.15) is 0 Å². The first-order valence-corrected chi connectivity index (χ1v) is 9.25. The molecule has 7 heteroatoms. The lowest BCUT2D eigenvalue weighted by Gasteiger charge is -2.16. The quantitative estimate of drug-likeness (QED) is 0.433. The minimum atomic E-state index is -0.604. The third-order valence-electron chi connectivity index (χ3n) is 4.48. The lowest BCUT2D eigenvalue weighted by molar-refractivity contribution is 0.173. The third kappa shape index (κ3) is 3.30. The second-order valence-electron chi connectivity index (χ2n) is 6.18. The van der Waals surface area contributed by atoms with E-state index in [2.05, 4.69) is 15.3 Å². The summed E-state index contributed by atoms with van der Waals surface area (Å²) in [7, 11) is 0. The Morgan fingerprint density at radius 3 is 2.37 bits per heavy atom. The number of nitrogens with zero attached hydrogens (tertiary/aromatic N) is 3. The SMILES string of the molecule is CCC(O)c1cc(Cl)c(Nc2nc3ccncc3c3cnccc23)c(Cl)c1. The molecular formula is C20H16Cl2N4O. The monoisotopic (exact) mass is 398 g/mol. The molecule has 0 radical (unpaired) electrons. The number of halogens is 2. The zero-order valence-corrected chi connectivity index (χ0v) is 16.0. The van der Waals surface area contributed by atoms with Gasteiger partial charge in [0.2, 0.25) is 0 Å². The van der Waals surface area contributed by atoms with Crippen molar-refractivity contribution in [2.24, 2.45) is 0 Å². The molecule has 0 saturated heterocycles. The molecule has 27 heavy (non-hydrogen) atoms. The van der Waals surface area contributed by atoms with Gasteiger partial charge in [-0.1, -0.05) is 30.1 Å². The van der Waals surface area contributed by atoms with Gasteiger partial charge in [-0.3, -0.25) is 9.97 Å². The average molecular weight is 399 g/mol. The number of hydrogen-bond donors (Lipinski definition) is 2. The molecule has 0 amide bonds. The van der Waals surface area contributed by atoms with Gasteiger partial charge in [-0.25, -0.2) is 4.98 Å². The van der Waals surface area contributed by atoms with Gasteiger partial charge in [0.15, 0.2) is 0 Å². The Bertz CT molecular complexity index is 1130. The first-order valence-electron chi connectivity index (χ1n) is 8.50. The summed E-state index contributed by atoms with van der Waals surface area (Å²) in [6.45, 7) is 1.90. The maximum atomic E-state index is 10.1. The van der Waals surface area contributed by atoms with Crippen molar-refractivity contribution in [2.75, 3.05) is 5.32 Å². The van der Waals surface area contributed by atoms with Gasteiger partial charge < -0.3 is 10.4 Å². The van der Waals surface area contributed by atoms with Crippen molar-refractivity contribution >= 4 is 56.4 Å². The van der Waals surface area contributed by atoms with Crippen LogP contribution in [0.4, 0.5) is 11.5 Å². The Labute approximate surface area is 166 Å². The fraction of sp³-hybridized carbons (Fsp3) is 0.150. The van der Waals surface area contributed by atoms with E-state index in [1.807, 2.05) is 19.1 Å². The number of fused-ring (bicyclic) bond motifs is 3. The summed E-state index contributed by atoms with van der Waals surface area (Å²) in [4.78, 5) is 13.1. The second kappa shape index (κ2) is 7.27. The molecule has 2 N–H and O–H groups in total. The molecule has 3 heterocycles. The molecule has 0 aliphatic carbocycles. The summed E-state index contributed by atoms with van der Waals surface area (Å²) in [6, 6.07) is 7.17. The highest BCUT2D eigenvalue weighted by Gasteiger charge is 2.15. The number of aliphatic hydroxyl groups is 1. The van der Waals surface area contributed by atoms with Crippen LogP contribution >= 0.6 is 23.2 Å². The summed E-state index contributed by atoms with van der Waals surface area (Å²) < 4.78 is 0. The molecule has 136 valence electrons. The number of aromatic nitrogens is 3. The molecule has 0 bridgehead atoms. The van der Waals surface area contributed by atoms with E-state index in [-0.39, 0.29) is 0 Å². The van der Waals surface area contributed by atoms with Crippen LogP contribution in [0.5, 0.6) is 0 Å². The summed E-state index contributed by atoms with van der Waals surface area (Å²) in [5.74, 6) is 0.624. The number of nitrogens with one attached hydrogen (secondary N) is 1. The number of pyridine rings is 3. The number of benzene rings is 1. The molecule has 0 aliphatic heterocycles. The van der Waals surface area contributed by atoms with Gasteiger partial charge in [-0.15, -0.1) is 0 Å². The van der Waals surface area contributed by atoms with E-state index in [0.29, 0.717) is 33.5 Å². The van der Waals surface area contributed by atoms with Crippen LogP contribution in [-0.2, 0) is 0 Å². The van der Waals surface area contributed by atoms with Gasteiger partial charge in [0.05, 0.1) is 27.4 Å². The molecule has 4 aromatic rings. The molecule has 1 atom stereocenters. The summed E-state index contributed by atoms with van der Waals surface area (Å²) in [5, 5.41) is 16.9. The minimum Gasteiger partial charge on any atom is -0.388 e. The van der Waals surface area contributed by atoms with E-state index in [4.69, 9.17) is 28.2 Å². The topological polar surface area (TPSA) is 70.9 Å². The second-order valence-corrected chi connectivity index (χ2v) is 7.00. The van der Waals surface area contributed by atoms with Crippen LogP contribution in [0, 0.1) is 0 Å². The Hall–Kier alpha value is -2.47. The van der Waals surface area contributed by atoms with Crippen molar-refractivity contribution in [2.45, 2.75) is 19.4 Å². The maximum Gasteiger partial charge on any atom is 0.139 e. The summed E-state index contributed by atoms with van der Waals surface area (Å²) >= 11 is 12.9. The number of anilines is 2. The van der Waals surface area contributed by atoms with Crippen molar-refractivity contribution in [3.63, 3.8) is 0 Å². The molecule has 0 saturated carbocycles. The first kappa shape index (κ1) is 17.9. The molecule has 4 rings (SSSR count). The third-order valence-corrected chi connectivity index (χ3v) is 5.07. The predicted molar refractivity (Wildman–Crippen MR) is 110 cm³/mol. The van der Waals surface area contributed by atoms with E-state index < -0.39 is 6.10 Å². The highest BCUT2D eigenvalue weighted by atomic mass is 35.5. The molecule has 1 aromatic carbocycles. The Morgan fingerprint density at radius 2 is 1.67 bits per heavy atom. The average Bonchev–Trinajstić information content (AvgIpc) is 2.69. The van der Waals surface area contributed by atoms with Crippen LogP contribution in [0.3, 0.4) is 0 Å². The number of rotatable bonds is 4. The highest BCUT2D eigenvalue weighted by Crippen LogP contribution is 2.38. The predicted octanol–water partition coefficient (Wildman–Crippen LogP) is 5.67. The van der Waals surface area contributed by atoms with Gasteiger partial charge in [0.1, 0.15) is 5.82 Å². The molecular weight excluding hydrogens is 383 g/mol. The van der Waals surface area contributed by atoms with Crippen molar-refractivity contribution in [3.8, 4) is 0 Å². The largest absolute Gasteiger partial charge is 0.388 e. The normalized spacial score (nSPS) is 12.4. The van der Waals surface area contributed by atoms with Gasteiger partial charge in [-0.05, 0) is 36.2 Å². The standard InChI is InChI=1S/C20H16Cl2N4O/c1-2-18(27)11-7-15(21)19(16(22)8-11)26-20-12-3-5-23-9-13(12)14-10-24-6-4-17(14)25-20/h3-10,18,27H,2H2,1H3,(H,25,26). The number of hydrogen-bond acceptors (Lipinski definition) is 5. The molecule has 3 aromatic heterocycles. The van der Waals surface area contributed by atoms with Crippen molar-refractivity contribution in [1.82, 2.24) is 15.0 Å². The highest BCUT2D eigenvalue weighted by molar-refractivity contribution is 6.39. The Balaban J connectivity index is 1.86. The van der Waals surface area contributed by atoms with E-state index in [1.165, 1.54) is 0 Å². The van der Waals surface area contributed by atoms with Crippen LogP contribution in [-0.4, -0.2) is 20.1 Å². The van der Waals surface area contributed by atoms with Gasteiger partial charge in [0, 0.05) is 40.9 Å². The summed E-state index contributed by atoms with van der Waals surface area (Å²) in [6.07, 6.45) is 6.95. The maximum absolute atomic E-state index is 10.1. The fourth-order valence-electron chi connectivity index (χ4n) is 3.04. The van der Waals surface area contributed by atoms with Crippen LogP contribution in [0.1, 0.15) is 25.0 Å². The molecule has 1 unspecified atom stereocenters. The van der Waals surface area contributed by atoms with Gasteiger partial charge in [0.25, 0.3) is 0 Å². The van der Waals surface area contributed by atoms with E-state index in [9.17, 15) is 5.11 Å². The van der Waals surface area contributed by atoms with E-state index >= 15 is 0 Å². The molecule has 0 fully saturated rings. The zero-order valence-electron chi connectivity index (χ0n) is 14.4. The van der Waals surface area contributed by atoms with Crippen molar-refractivity contribution < 1.29 is 5.11 Å². The fourth-order valence-corrected chi connectivity index (χ4v) is 3.64. The lowest BCUT2D eigenvalue weighted by Crippen LogP contribution is -2.01. The van der Waals surface area contributed by atoms with Crippen LogP contribution in [0.25, 0.3) is 21.7 Å². The first-order chi connectivity index (χ1) is 13.1. The van der Waals surface area contributed by atoms with Crippen molar-refractivity contribution in [1.29, 1.82) is 0 Å². The Kier molecular flexibility index (Phi) is 4.83. The van der Waals surface area contributed by atoms with Crippen LogP contribution in [0.2, 0.25) is 10.0 Å². The van der Waals surface area contributed by atoms with Gasteiger partial charge >= 0.3 is 0 Å². The molecule has 5 nitrogen and oxygen atoms in total. The smallest absolute Gasteiger partial charge is 0.139 e. The number of aliphatic hydroxyl groups excluding tert-OH is 1. The summed E-state index contributed by atoms with van der Waals surface area (Å²) in [5.41, 5.74) is 2.02. The van der Waals surface area contributed by atoms with E-state index in [0.717, 1.165) is 21.7 Å². The minimum absolute atomic E-state index is 0.420. The van der Waals surface area contributed by atoms with Crippen LogP contribution < -0.4 is 5.32 Å². The van der Waals surface area contributed by atoms with Crippen LogP contribution in [0.15, 0.2) is 49.1 Å². The lowest BCUT2D eigenvalue weighted by atomic mass is 10.1. The van der Waals surface area contributed by atoms with E-state index in [1.54, 1.807) is 36.9 Å². The zero-order chi connectivity index (χ0) is 19.0. The Morgan fingerprint density at radius 1 is 1.00 bits per heavy atom. The van der Waals surface area contributed by atoms with Crippen molar-refractivity contribution in [3.05, 3.63) is 64.7 Å².